The molecule has 20 heavy (non-hydrogen) atoms. The van der Waals surface area contributed by atoms with Crippen LogP contribution in [0.25, 0.3) is 0 Å². The maximum Gasteiger partial charge on any atom is 0.259 e. The van der Waals surface area contributed by atoms with Crippen LogP contribution in [0.2, 0.25) is 5.02 Å². The average Bonchev–Trinajstić information content (AvgIpc) is 2.47. The summed E-state index contributed by atoms with van der Waals surface area (Å²) in [5.41, 5.74) is 1.10. The molecule has 0 aromatic heterocycles. The number of para-hydroxylation sites is 1. The number of nitriles is 1. The highest BCUT2D eigenvalue weighted by Crippen LogP contribution is 2.23. The Morgan fingerprint density at radius 3 is 2.75 bits per heavy atom. The van der Waals surface area contributed by atoms with Crippen molar-refractivity contribution >= 4 is 23.2 Å². The first-order valence-electron chi connectivity index (χ1n) is 5.79. The van der Waals surface area contributed by atoms with Gasteiger partial charge in [-0.2, -0.15) is 5.26 Å². The van der Waals surface area contributed by atoms with Gasteiger partial charge in [-0.15, -0.1) is 0 Å². The zero-order chi connectivity index (χ0) is 14.5. The molecule has 0 fully saturated rings. The second-order valence-corrected chi connectivity index (χ2v) is 4.39. The molecule has 0 unspecified atom stereocenters. The van der Waals surface area contributed by atoms with E-state index in [1.54, 1.807) is 36.4 Å². The van der Waals surface area contributed by atoms with Gasteiger partial charge in [0.1, 0.15) is 11.8 Å². The SMILES string of the molecule is COc1ccccc1C(=O)Nc1cc(Cl)ccc1C#N. The van der Waals surface area contributed by atoms with Gasteiger partial charge in [-0.3, -0.25) is 4.79 Å². The number of hydrogen-bond acceptors (Lipinski definition) is 3. The number of hydrogen-bond donors (Lipinski definition) is 1. The Morgan fingerprint density at radius 2 is 2.05 bits per heavy atom. The molecule has 1 amide bonds. The number of nitrogens with one attached hydrogen (secondary N) is 1. The summed E-state index contributed by atoms with van der Waals surface area (Å²) >= 11 is 5.88. The van der Waals surface area contributed by atoms with Crippen LogP contribution in [0.5, 0.6) is 5.75 Å². The van der Waals surface area contributed by atoms with Crippen LogP contribution in [-0.4, -0.2) is 13.0 Å². The van der Waals surface area contributed by atoms with Gasteiger partial charge < -0.3 is 10.1 Å². The van der Waals surface area contributed by atoms with Gasteiger partial charge in [-0.25, -0.2) is 0 Å². The molecule has 0 bridgehead atoms. The van der Waals surface area contributed by atoms with Gasteiger partial charge in [0.2, 0.25) is 0 Å². The van der Waals surface area contributed by atoms with Gasteiger partial charge in [0.15, 0.2) is 0 Å². The molecule has 5 heteroatoms. The Bertz CT molecular complexity index is 693. The first kappa shape index (κ1) is 13.9. The number of benzene rings is 2. The summed E-state index contributed by atoms with van der Waals surface area (Å²) < 4.78 is 5.13. The molecular formula is C15H11ClN2O2. The molecule has 0 radical (unpaired) electrons. The van der Waals surface area contributed by atoms with E-state index in [-0.39, 0.29) is 5.91 Å². The Balaban J connectivity index is 2.33. The highest BCUT2D eigenvalue weighted by atomic mass is 35.5. The fraction of sp³-hybridized carbons (Fsp3) is 0.0667. The summed E-state index contributed by atoms with van der Waals surface area (Å²) in [7, 11) is 1.49. The molecule has 0 aliphatic rings. The number of halogens is 1. The van der Waals surface area contributed by atoms with Crippen molar-refractivity contribution in [3.8, 4) is 11.8 Å². The van der Waals surface area contributed by atoms with E-state index in [1.807, 2.05) is 6.07 Å². The number of methoxy groups -OCH3 is 1. The molecule has 2 aromatic rings. The van der Waals surface area contributed by atoms with Crippen molar-refractivity contribution in [2.75, 3.05) is 12.4 Å². The Kier molecular flexibility index (Phi) is 4.24. The summed E-state index contributed by atoms with van der Waals surface area (Å²) in [6.07, 6.45) is 0. The fourth-order valence-corrected chi connectivity index (χ4v) is 1.91. The van der Waals surface area contributed by atoms with Crippen molar-refractivity contribution in [2.24, 2.45) is 0 Å². The van der Waals surface area contributed by atoms with Crippen molar-refractivity contribution in [1.29, 1.82) is 5.26 Å². The standard InChI is InChI=1S/C15H11ClN2O2/c1-20-14-5-3-2-4-12(14)15(19)18-13-8-11(16)7-6-10(13)9-17/h2-8H,1H3,(H,18,19). The Morgan fingerprint density at radius 1 is 1.30 bits per heavy atom. The number of ether oxygens (including phenoxy) is 1. The molecule has 4 nitrogen and oxygen atoms in total. The minimum Gasteiger partial charge on any atom is -0.496 e. The lowest BCUT2D eigenvalue weighted by molar-refractivity contribution is 0.102. The van der Waals surface area contributed by atoms with Crippen LogP contribution < -0.4 is 10.1 Å². The van der Waals surface area contributed by atoms with E-state index in [4.69, 9.17) is 21.6 Å². The summed E-state index contributed by atoms with van der Waals surface area (Å²) in [5.74, 6) is 0.103. The van der Waals surface area contributed by atoms with Crippen molar-refractivity contribution < 1.29 is 9.53 Å². The molecule has 0 aliphatic heterocycles. The van der Waals surface area contributed by atoms with Crippen LogP contribution in [0.4, 0.5) is 5.69 Å². The monoisotopic (exact) mass is 286 g/mol. The largest absolute Gasteiger partial charge is 0.496 e. The van der Waals surface area contributed by atoms with Gasteiger partial charge in [0, 0.05) is 5.02 Å². The minimum absolute atomic E-state index is 0.345. The molecule has 0 atom stereocenters. The molecule has 0 aliphatic carbocycles. The lowest BCUT2D eigenvalue weighted by Crippen LogP contribution is -2.14. The third-order valence-electron chi connectivity index (χ3n) is 2.70. The second kappa shape index (κ2) is 6.09. The lowest BCUT2D eigenvalue weighted by Gasteiger charge is -2.10. The minimum atomic E-state index is -0.360. The van der Waals surface area contributed by atoms with Crippen molar-refractivity contribution in [2.45, 2.75) is 0 Å². The molecule has 2 rings (SSSR count). The van der Waals surface area contributed by atoms with Crippen molar-refractivity contribution in [3.05, 3.63) is 58.6 Å². The summed E-state index contributed by atoms with van der Waals surface area (Å²) in [5, 5.41) is 12.1. The van der Waals surface area contributed by atoms with Gasteiger partial charge in [0.25, 0.3) is 5.91 Å². The van der Waals surface area contributed by atoms with Crippen molar-refractivity contribution in [1.82, 2.24) is 0 Å². The van der Waals surface area contributed by atoms with E-state index in [1.165, 1.54) is 13.2 Å². The van der Waals surface area contributed by atoms with E-state index in [2.05, 4.69) is 5.32 Å². The van der Waals surface area contributed by atoms with E-state index >= 15 is 0 Å². The van der Waals surface area contributed by atoms with Crippen molar-refractivity contribution in [3.63, 3.8) is 0 Å². The number of nitrogens with zero attached hydrogens (tertiary/aromatic N) is 1. The number of anilines is 1. The first-order valence-corrected chi connectivity index (χ1v) is 6.17. The van der Waals surface area contributed by atoms with Crippen LogP contribution in [0.1, 0.15) is 15.9 Å². The predicted molar refractivity (Wildman–Crippen MR) is 77.1 cm³/mol. The molecule has 2 aromatic carbocycles. The lowest BCUT2D eigenvalue weighted by atomic mass is 10.1. The first-order chi connectivity index (χ1) is 9.65. The molecule has 0 spiro atoms. The Labute approximate surface area is 121 Å². The Hall–Kier alpha value is -2.51. The second-order valence-electron chi connectivity index (χ2n) is 3.96. The highest BCUT2D eigenvalue weighted by Gasteiger charge is 2.13. The molecule has 100 valence electrons. The molecular weight excluding hydrogens is 276 g/mol. The third kappa shape index (κ3) is 2.90. The third-order valence-corrected chi connectivity index (χ3v) is 2.94. The average molecular weight is 287 g/mol. The molecule has 0 saturated heterocycles. The predicted octanol–water partition coefficient (Wildman–Crippen LogP) is 3.47. The number of amides is 1. The quantitative estimate of drug-likeness (QED) is 0.939. The maximum absolute atomic E-state index is 12.2. The molecule has 0 saturated carbocycles. The van der Waals surface area contributed by atoms with Crippen LogP contribution in [0, 0.1) is 11.3 Å². The van der Waals surface area contributed by atoms with Gasteiger partial charge in [-0.05, 0) is 30.3 Å². The normalized spacial score (nSPS) is 9.65. The highest BCUT2D eigenvalue weighted by molar-refractivity contribution is 6.31. The van der Waals surface area contributed by atoms with E-state index in [0.29, 0.717) is 27.6 Å². The zero-order valence-electron chi connectivity index (χ0n) is 10.7. The van der Waals surface area contributed by atoms with Gasteiger partial charge in [0.05, 0.1) is 23.9 Å². The van der Waals surface area contributed by atoms with Crippen LogP contribution in [0.15, 0.2) is 42.5 Å². The van der Waals surface area contributed by atoms with Crippen LogP contribution >= 0.6 is 11.6 Å². The summed E-state index contributed by atoms with van der Waals surface area (Å²) in [6, 6.07) is 13.5. The molecule has 1 N–H and O–H groups in total. The van der Waals surface area contributed by atoms with Crippen LogP contribution in [0.3, 0.4) is 0 Å². The maximum atomic E-state index is 12.2. The van der Waals surface area contributed by atoms with E-state index in [0.717, 1.165) is 0 Å². The number of rotatable bonds is 3. The molecule has 0 heterocycles. The van der Waals surface area contributed by atoms with Gasteiger partial charge in [-0.1, -0.05) is 23.7 Å². The number of carbonyl (C=O) groups is 1. The topological polar surface area (TPSA) is 62.1 Å². The van der Waals surface area contributed by atoms with E-state index in [9.17, 15) is 4.79 Å². The zero-order valence-corrected chi connectivity index (χ0v) is 11.4. The van der Waals surface area contributed by atoms with Gasteiger partial charge >= 0.3 is 0 Å². The smallest absolute Gasteiger partial charge is 0.259 e. The fourth-order valence-electron chi connectivity index (χ4n) is 1.74. The number of carbonyl (C=O) groups excluding carboxylic acids is 1. The van der Waals surface area contributed by atoms with Crippen LogP contribution in [-0.2, 0) is 0 Å². The summed E-state index contributed by atoms with van der Waals surface area (Å²) in [6.45, 7) is 0. The summed E-state index contributed by atoms with van der Waals surface area (Å²) in [4.78, 5) is 12.2. The van der Waals surface area contributed by atoms with E-state index < -0.39 is 0 Å².